The molecule has 0 unspecified atom stereocenters. The van der Waals surface area contributed by atoms with E-state index in [4.69, 9.17) is 9.72 Å². The Labute approximate surface area is 174 Å². The van der Waals surface area contributed by atoms with Gasteiger partial charge < -0.3 is 9.64 Å². The Morgan fingerprint density at radius 2 is 2.00 bits per heavy atom. The highest BCUT2D eigenvalue weighted by molar-refractivity contribution is 7.07. The van der Waals surface area contributed by atoms with Crippen molar-refractivity contribution in [2.24, 2.45) is 0 Å². The van der Waals surface area contributed by atoms with Gasteiger partial charge in [0.05, 0.1) is 29.0 Å². The van der Waals surface area contributed by atoms with Crippen molar-refractivity contribution in [2.45, 2.75) is 38.8 Å². The molecule has 5 nitrogen and oxygen atoms in total. The highest BCUT2D eigenvalue weighted by atomic mass is 32.1. The third-order valence-electron chi connectivity index (χ3n) is 5.92. The molecule has 0 radical (unpaired) electrons. The minimum absolute atomic E-state index is 0.125. The van der Waals surface area contributed by atoms with E-state index in [1.165, 1.54) is 5.56 Å². The van der Waals surface area contributed by atoms with Gasteiger partial charge in [-0.1, -0.05) is 24.3 Å². The number of amides is 1. The lowest BCUT2D eigenvalue weighted by Gasteiger charge is -2.30. The fourth-order valence-corrected chi connectivity index (χ4v) is 4.79. The van der Waals surface area contributed by atoms with Crippen LogP contribution in [-0.2, 0) is 17.7 Å². The quantitative estimate of drug-likeness (QED) is 0.652. The summed E-state index contributed by atoms with van der Waals surface area (Å²) in [7, 11) is 0. The van der Waals surface area contributed by atoms with Gasteiger partial charge in [0.1, 0.15) is 0 Å². The van der Waals surface area contributed by atoms with Gasteiger partial charge in [-0.05, 0) is 43.4 Å². The summed E-state index contributed by atoms with van der Waals surface area (Å²) in [4.78, 5) is 24.2. The maximum absolute atomic E-state index is 13.0. The minimum Gasteiger partial charge on any atom is -0.381 e. The van der Waals surface area contributed by atoms with E-state index in [2.05, 4.69) is 40.7 Å². The predicted molar refractivity (Wildman–Crippen MR) is 113 cm³/mol. The number of aryl methyl sites for hydroxylation is 1. The zero-order valence-corrected chi connectivity index (χ0v) is 17.2. The van der Waals surface area contributed by atoms with Gasteiger partial charge >= 0.3 is 0 Å². The molecule has 1 fully saturated rings. The van der Waals surface area contributed by atoms with E-state index in [0.29, 0.717) is 6.54 Å². The standard InChI is InChI=1S/C23H23N3O2S/c1-15-18(10-16-2-4-17(5-3-16)22-13-29-14-24-22)11-20-21(25-15)12-26(23(20)27)19-6-8-28-9-7-19/h2-5,11,13-14,19H,6-10,12H2,1H3. The van der Waals surface area contributed by atoms with Crippen LogP contribution in [0.25, 0.3) is 11.3 Å². The molecule has 4 heterocycles. The number of carbonyl (C=O) groups excluding carboxylic acids is 1. The van der Waals surface area contributed by atoms with E-state index >= 15 is 0 Å². The molecule has 0 aliphatic carbocycles. The van der Waals surface area contributed by atoms with Crippen LogP contribution in [0.15, 0.2) is 41.2 Å². The third-order valence-corrected chi connectivity index (χ3v) is 6.50. The van der Waals surface area contributed by atoms with Gasteiger partial charge in [-0.2, -0.15) is 0 Å². The van der Waals surface area contributed by atoms with Crippen molar-refractivity contribution < 1.29 is 9.53 Å². The van der Waals surface area contributed by atoms with Crippen molar-refractivity contribution in [1.29, 1.82) is 0 Å². The highest BCUT2D eigenvalue weighted by Crippen LogP contribution is 2.29. The van der Waals surface area contributed by atoms with Crippen LogP contribution in [0.2, 0.25) is 0 Å². The number of benzene rings is 1. The highest BCUT2D eigenvalue weighted by Gasteiger charge is 2.35. The second-order valence-corrected chi connectivity index (χ2v) is 8.47. The number of hydrogen-bond donors (Lipinski definition) is 0. The molecule has 3 aromatic rings. The maximum atomic E-state index is 13.0. The zero-order chi connectivity index (χ0) is 19.8. The van der Waals surface area contributed by atoms with Crippen LogP contribution in [0.1, 0.15) is 45.7 Å². The average Bonchev–Trinajstić information content (AvgIpc) is 3.39. The summed E-state index contributed by atoms with van der Waals surface area (Å²) < 4.78 is 5.45. The summed E-state index contributed by atoms with van der Waals surface area (Å²) in [6, 6.07) is 10.8. The number of ether oxygens (including phenoxy) is 1. The molecule has 1 aromatic carbocycles. The Kier molecular flexibility index (Phi) is 4.89. The molecule has 0 saturated carbocycles. The largest absolute Gasteiger partial charge is 0.381 e. The number of pyridine rings is 1. The van der Waals surface area contributed by atoms with Gasteiger partial charge in [0.2, 0.25) is 0 Å². The molecular weight excluding hydrogens is 382 g/mol. The number of thiazole rings is 1. The Morgan fingerprint density at radius 3 is 2.72 bits per heavy atom. The molecule has 2 aliphatic heterocycles. The lowest BCUT2D eigenvalue weighted by Crippen LogP contribution is -2.39. The molecule has 148 valence electrons. The van der Waals surface area contributed by atoms with Crippen molar-refractivity contribution in [3.63, 3.8) is 0 Å². The van der Waals surface area contributed by atoms with E-state index in [1.54, 1.807) is 11.3 Å². The molecule has 0 bridgehead atoms. The van der Waals surface area contributed by atoms with Crippen molar-refractivity contribution in [3.05, 3.63) is 69.3 Å². The number of hydrogen-bond acceptors (Lipinski definition) is 5. The van der Waals surface area contributed by atoms with Crippen molar-refractivity contribution in [3.8, 4) is 11.3 Å². The number of rotatable bonds is 4. The van der Waals surface area contributed by atoms with Crippen molar-refractivity contribution in [1.82, 2.24) is 14.9 Å². The van der Waals surface area contributed by atoms with E-state index in [9.17, 15) is 4.79 Å². The van der Waals surface area contributed by atoms with Crippen molar-refractivity contribution in [2.75, 3.05) is 13.2 Å². The Morgan fingerprint density at radius 1 is 1.21 bits per heavy atom. The van der Waals surface area contributed by atoms with Crippen LogP contribution in [-0.4, -0.2) is 40.0 Å². The Balaban J connectivity index is 1.36. The number of aromatic nitrogens is 2. The minimum atomic E-state index is 0.125. The fourth-order valence-electron chi connectivity index (χ4n) is 4.23. The topological polar surface area (TPSA) is 55.3 Å². The molecule has 5 rings (SSSR count). The van der Waals surface area contributed by atoms with E-state index in [1.807, 2.05) is 17.3 Å². The zero-order valence-electron chi connectivity index (χ0n) is 16.4. The number of nitrogens with zero attached hydrogens (tertiary/aromatic N) is 3. The summed E-state index contributed by atoms with van der Waals surface area (Å²) in [6.07, 6.45) is 2.60. The van der Waals surface area contributed by atoms with Crippen LogP contribution in [0, 0.1) is 6.92 Å². The van der Waals surface area contributed by atoms with Crippen molar-refractivity contribution >= 4 is 17.2 Å². The van der Waals surface area contributed by atoms with E-state index < -0.39 is 0 Å². The van der Waals surface area contributed by atoms with Crippen LogP contribution < -0.4 is 0 Å². The molecule has 1 saturated heterocycles. The van der Waals surface area contributed by atoms with E-state index in [0.717, 1.165) is 66.2 Å². The number of carbonyl (C=O) groups is 1. The smallest absolute Gasteiger partial charge is 0.256 e. The van der Waals surface area contributed by atoms with Crippen LogP contribution in [0.3, 0.4) is 0 Å². The molecule has 2 aliphatic rings. The second-order valence-electron chi connectivity index (χ2n) is 7.75. The Bertz CT molecular complexity index is 1030. The van der Waals surface area contributed by atoms with Crippen LogP contribution in [0.4, 0.5) is 0 Å². The first-order chi connectivity index (χ1) is 14.2. The molecule has 0 N–H and O–H groups in total. The summed E-state index contributed by atoms with van der Waals surface area (Å²) in [5.41, 5.74) is 9.01. The molecule has 1 amide bonds. The van der Waals surface area contributed by atoms with E-state index in [-0.39, 0.29) is 11.9 Å². The van der Waals surface area contributed by atoms with Gasteiger partial charge in [0.25, 0.3) is 5.91 Å². The summed E-state index contributed by atoms with van der Waals surface area (Å²) in [5.74, 6) is 0.125. The van der Waals surface area contributed by atoms with Crippen LogP contribution in [0.5, 0.6) is 0 Å². The lowest BCUT2D eigenvalue weighted by molar-refractivity contribution is 0.0302. The predicted octanol–water partition coefficient (Wildman–Crippen LogP) is 4.24. The van der Waals surface area contributed by atoms with Gasteiger partial charge in [-0.3, -0.25) is 9.78 Å². The van der Waals surface area contributed by atoms with Gasteiger partial charge in [0, 0.05) is 35.9 Å². The maximum Gasteiger partial charge on any atom is 0.256 e. The third kappa shape index (κ3) is 3.58. The van der Waals surface area contributed by atoms with Gasteiger partial charge in [-0.15, -0.1) is 11.3 Å². The molecular formula is C23H23N3O2S. The molecule has 29 heavy (non-hydrogen) atoms. The normalized spacial score (nSPS) is 17.0. The Hall–Kier alpha value is -2.57. The van der Waals surface area contributed by atoms with Gasteiger partial charge in [-0.25, -0.2) is 4.98 Å². The average molecular weight is 406 g/mol. The molecule has 0 spiro atoms. The monoisotopic (exact) mass is 405 g/mol. The summed E-state index contributed by atoms with van der Waals surface area (Å²) in [5, 5.41) is 2.05. The summed E-state index contributed by atoms with van der Waals surface area (Å²) in [6.45, 7) is 4.14. The fraction of sp³-hybridized carbons (Fsp3) is 0.348. The first-order valence-corrected chi connectivity index (χ1v) is 11.0. The first kappa shape index (κ1) is 18.5. The van der Waals surface area contributed by atoms with Crippen LogP contribution >= 0.6 is 11.3 Å². The lowest BCUT2D eigenvalue weighted by atomic mass is 10.00. The van der Waals surface area contributed by atoms with Gasteiger partial charge in [0.15, 0.2) is 0 Å². The second kappa shape index (κ2) is 7.69. The number of fused-ring (bicyclic) bond motifs is 1. The molecule has 6 heteroatoms. The summed E-state index contributed by atoms with van der Waals surface area (Å²) >= 11 is 1.60. The molecule has 0 atom stereocenters. The SMILES string of the molecule is Cc1nc2c(cc1Cc1ccc(-c3cscn3)cc1)C(=O)N(C1CCOCC1)C2. The molecule has 2 aromatic heterocycles. The first-order valence-electron chi connectivity index (χ1n) is 10.0.